The molecular weight excluding hydrogens is 928 g/mol. The van der Waals surface area contributed by atoms with Crippen molar-refractivity contribution in [3.05, 3.63) is 147 Å². The normalized spacial score (nSPS) is 15.4. The summed E-state index contributed by atoms with van der Waals surface area (Å²) >= 11 is 3.71. The molecule has 0 aliphatic carbocycles. The number of benzene rings is 4. The molecule has 356 valence electrons. The summed E-state index contributed by atoms with van der Waals surface area (Å²) in [7, 11) is 4.17. The Bertz CT molecular complexity index is 2490. The van der Waals surface area contributed by atoms with Crippen molar-refractivity contribution in [2.75, 3.05) is 39.8 Å². The van der Waals surface area contributed by atoms with E-state index in [1.54, 1.807) is 51.1 Å². The number of ether oxygens (including phenoxy) is 7. The molecule has 3 amide bonds. The number of nitrogens with one attached hydrogen (secondary N) is 2. The van der Waals surface area contributed by atoms with E-state index < -0.39 is 47.2 Å². The van der Waals surface area contributed by atoms with Crippen molar-refractivity contribution in [3.63, 3.8) is 0 Å². The minimum Gasteiger partial charge on any atom is -0.467 e. The van der Waals surface area contributed by atoms with Crippen LogP contribution in [0.15, 0.2) is 106 Å². The van der Waals surface area contributed by atoms with Gasteiger partial charge < -0.3 is 48.2 Å². The summed E-state index contributed by atoms with van der Waals surface area (Å²) < 4.78 is 47.5. The van der Waals surface area contributed by atoms with Gasteiger partial charge in [0.2, 0.25) is 5.89 Å². The number of nitrogens with zero attached hydrogens (tertiary/aromatic N) is 2. The fourth-order valence-corrected chi connectivity index (χ4v) is 8.35. The highest BCUT2D eigenvalue weighted by Gasteiger charge is 2.59. The number of para-hydroxylation sites is 1. The van der Waals surface area contributed by atoms with E-state index in [4.69, 9.17) is 42.6 Å². The highest BCUT2D eigenvalue weighted by atomic mass is 79.9. The number of anilines is 1. The third kappa shape index (κ3) is 11.8. The molecule has 0 radical (unpaired) electrons. The van der Waals surface area contributed by atoms with Crippen LogP contribution in [0.2, 0.25) is 0 Å². The number of halogens is 1. The molecule has 16 nitrogen and oxygen atoms in total. The Morgan fingerprint density at radius 1 is 0.806 bits per heavy atom. The average Bonchev–Trinajstić information content (AvgIpc) is 3.83. The lowest BCUT2D eigenvalue weighted by Gasteiger charge is -2.30. The molecule has 0 unspecified atom stereocenters. The van der Waals surface area contributed by atoms with Gasteiger partial charge in [-0.3, -0.25) is 9.69 Å². The Labute approximate surface area is 398 Å². The van der Waals surface area contributed by atoms with E-state index in [2.05, 4.69) is 26.6 Å². The number of oxazole rings is 1. The highest BCUT2D eigenvalue weighted by molar-refractivity contribution is 9.10. The van der Waals surface area contributed by atoms with Crippen LogP contribution in [0.3, 0.4) is 0 Å². The van der Waals surface area contributed by atoms with Crippen molar-refractivity contribution < 1.29 is 56.8 Å². The van der Waals surface area contributed by atoms with Crippen LogP contribution in [-0.4, -0.2) is 75.5 Å². The number of aromatic nitrogens is 1. The molecule has 0 fully saturated rings. The minimum atomic E-state index is -1.91. The van der Waals surface area contributed by atoms with Gasteiger partial charge in [0, 0.05) is 36.2 Å². The van der Waals surface area contributed by atoms with Gasteiger partial charge in [-0.05, 0) is 71.4 Å². The largest absolute Gasteiger partial charge is 0.467 e. The third-order valence-electron chi connectivity index (χ3n) is 10.7. The molecular formula is C50H57BrN4O12. The summed E-state index contributed by atoms with van der Waals surface area (Å²) in [4.78, 5) is 62.4. The zero-order valence-corrected chi connectivity index (χ0v) is 40.5. The topological polar surface area (TPSA) is 186 Å². The lowest BCUT2D eigenvalue weighted by Crippen LogP contribution is -2.44. The number of methoxy groups -OCH3 is 3. The highest BCUT2D eigenvalue weighted by Crippen LogP contribution is 2.56. The van der Waals surface area contributed by atoms with E-state index in [1.807, 2.05) is 80.6 Å². The standard InChI is InChI=1S/C50H57BrN4O12/c1-31(2)41(54-48(59)67-49(3,4)5)44-52-39(28-63-26-32-16-11-9-12-17-32)43(66-44)50(35-20-15-21-37(51)42(35)55(29-60-6)46(50)57)36-24-34(22-23-40(36)65-30-61-7)25-38(45(56)62-8)53-47(58)64-27-33-18-13-10-14-19-33/h9-24,31,38,41H,25-30H2,1-8H3,(H,53,58)(H,54,59)/t38-,41-,50-/m0/s1. The fraction of sp³-hybridized carbons (Fsp3) is 0.380. The van der Waals surface area contributed by atoms with Crippen LogP contribution in [0, 0.1) is 5.92 Å². The molecule has 3 atom stereocenters. The lowest BCUT2D eigenvalue weighted by atomic mass is 9.71. The van der Waals surface area contributed by atoms with Gasteiger partial charge in [0.05, 0.1) is 26.0 Å². The monoisotopic (exact) mass is 984 g/mol. The zero-order valence-electron chi connectivity index (χ0n) is 38.9. The van der Waals surface area contributed by atoms with E-state index in [-0.39, 0.29) is 74.3 Å². The second kappa shape index (κ2) is 22.5. The van der Waals surface area contributed by atoms with Crippen LogP contribution in [0.5, 0.6) is 5.75 Å². The summed E-state index contributed by atoms with van der Waals surface area (Å²) in [6.45, 7) is 8.71. The lowest BCUT2D eigenvalue weighted by molar-refractivity contribution is -0.143. The van der Waals surface area contributed by atoms with Crippen molar-refractivity contribution in [3.8, 4) is 5.75 Å². The minimum absolute atomic E-state index is 0.0324. The quantitative estimate of drug-likeness (QED) is 0.0429. The van der Waals surface area contributed by atoms with Crippen LogP contribution in [-0.2, 0) is 69.7 Å². The Morgan fingerprint density at radius 3 is 2.12 bits per heavy atom. The van der Waals surface area contributed by atoms with Gasteiger partial charge in [-0.2, -0.15) is 0 Å². The molecule has 0 saturated heterocycles. The molecule has 6 rings (SSSR count). The summed E-state index contributed by atoms with van der Waals surface area (Å²) in [5.41, 5.74) is 0.883. The first-order chi connectivity index (χ1) is 32.1. The van der Waals surface area contributed by atoms with Crippen molar-refractivity contribution >= 4 is 45.7 Å². The first-order valence-corrected chi connectivity index (χ1v) is 22.4. The van der Waals surface area contributed by atoms with E-state index in [0.717, 1.165) is 11.1 Å². The van der Waals surface area contributed by atoms with Gasteiger partial charge in [-0.15, -0.1) is 0 Å². The van der Waals surface area contributed by atoms with Crippen LogP contribution >= 0.6 is 15.9 Å². The Morgan fingerprint density at radius 2 is 1.49 bits per heavy atom. The molecule has 0 spiro atoms. The number of hydrogen-bond donors (Lipinski definition) is 2. The van der Waals surface area contributed by atoms with Crippen molar-refractivity contribution in [1.29, 1.82) is 0 Å². The molecule has 5 aromatic rings. The molecule has 67 heavy (non-hydrogen) atoms. The predicted octanol–water partition coefficient (Wildman–Crippen LogP) is 8.65. The molecule has 17 heteroatoms. The summed E-state index contributed by atoms with van der Waals surface area (Å²) in [5.74, 6) is -1.15. The molecule has 1 aliphatic heterocycles. The molecule has 0 bridgehead atoms. The van der Waals surface area contributed by atoms with Crippen molar-refractivity contribution in [2.45, 2.75) is 84.0 Å². The van der Waals surface area contributed by atoms with Gasteiger partial charge in [0.1, 0.15) is 42.5 Å². The first kappa shape index (κ1) is 50.1. The summed E-state index contributed by atoms with van der Waals surface area (Å²) in [6.07, 6.45) is -1.64. The number of fused-ring (bicyclic) bond motifs is 1. The van der Waals surface area contributed by atoms with E-state index in [1.165, 1.54) is 26.2 Å². The molecule has 1 aliphatic rings. The maximum atomic E-state index is 15.9. The second-order valence-electron chi connectivity index (χ2n) is 17.1. The van der Waals surface area contributed by atoms with Gasteiger partial charge in [-0.25, -0.2) is 19.4 Å². The van der Waals surface area contributed by atoms with Gasteiger partial charge >= 0.3 is 18.2 Å². The number of carbonyl (C=O) groups is 4. The van der Waals surface area contributed by atoms with Crippen molar-refractivity contribution in [2.24, 2.45) is 5.92 Å². The molecule has 2 N–H and O–H groups in total. The van der Waals surface area contributed by atoms with E-state index >= 15 is 4.79 Å². The number of esters is 1. The number of amides is 3. The number of alkyl carbamates (subject to hydrolysis) is 2. The first-order valence-electron chi connectivity index (χ1n) is 21.6. The smallest absolute Gasteiger partial charge is 0.408 e. The average molecular weight is 986 g/mol. The number of carbonyl (C=O) groups excluding carboxylic acids is 4. The SMILES string of the molecule is COCOc1ccc(C[C@H](NC(=O)OCc2ccccc2)C(=O)OC)cc1[C@@]1(c2oc([C@@H](NC(=O)OC(C)(C)C)C(C)C)nc2COCc2ccccc2)C(=O)N(COC)c2c(Br)cccc21. The van der Waals surface area contributed by atoms with E-state index in [9.17, 15) is 14.4 Å². The zero-order chi connectivity index (χ0) is 48.3. The van der Waals surface area contributed by atoms with Gasteiger partial charge in [0.25, 0.3) is 5.91 Å². The number of rotatable bonds is 20. The van der Waals surface area contributed by atoms with Crippen LogP contribution in [0.4, 0.5) is 15.3 Å². The van der Waals surface area contributed by atoms with Crippen LogP contribution in [0.1, 0.15) is 85.8 Å². The second-order valence-corrected chi connectivity index (χ2v) is 17.9. The Hall–Kier alpha value is -6.27. The third-order valence-corrected chi connectivity index (χ3v) is 11.3. The van der Waals surface area contributed by atoms with Crippen LogP contribution < -0.4 is 20.3 Å². The van der Waals surface area contributed by atoms with Crippen molar-refractivity contribution in [1.82, 2.24) is 15.6 Å². The predicted molar refractivity (Wildman–Crippen MR) is 250 cm³/mol. The summed E-state index contributed by atoms with van der Waals surface area (Å²) in [5, 5.41) is 5.58. The van der Waals surface area contributed by atoms with E-state index in [0.29, 0.717) is 21.3 Å². The maximum absolute atomic E-state index is 15.9. The van der Waals surface area contributed by atoms with Gasteiger partial charge in [-0.1, -0.05) is 98.8 Å². The summed E-state index contributed by atoms with van der Waals surface area (Å²) in [6, 6.07) is 27.1. The Kier molecular flexibility index (Phi) is 16.8. The maximum Gasteiger partial charge on any atom is 0.408 e. The molecule has 4 aromatic carbocycles. The Balaban J connectivity index is 1.57. The van der Waals surface area contributed by atoms with Gasteiger partial charge in [0.15, 0.2) is 18.0 Å². The molecule has 1 aromatic heterocycles. The molecule has 0 saturated carbocycles. The van der Waals surface area contributed by atoms with Crippen LogP contribution in [0.25, 0.3) is 0 Å². The number of hydrogen-bond acceptors (Lipinski definition) is 13. The fourth-order valence-electron chi connectivity index (χ4n) is 7.77. The molecule has 2 heterocycles.